The number of aromatic nitrogens is 4. The first-order chi connectivity index (χ1) is 11.2. The van der Waals surface area contributed by atoms with E-state index in [1.54, 1.807) is 12.3 Å². The number of rotatable bonds is 5. The van der Waals surface area contributed by atoms with Crippen LogP contribution in [0.3, 0.4) is 0 Å². The third-order valence-corrected chi connectivity index (χ3v) is 3.66. The Morgan fingerprint density at radius 3 is 2.78 bits per heavy atom. The largest absolute Gasteiger partial charge is 0.486 e. The minimum absolute atomic E-state index is 0.353. The van der Waals surface area contributed by atoms with Crippen molar-refractivity contribution in [2.24, 2.45) is 7.05 Å². The molecule has 3 aromatic rings. The third-order valence-electron chi connectivity index (χ3n) is 3.66. The van der Waals surface area contributed by atoms with Gasteiger partial charge in [0.15, 0.2) is 11.6 Å². The standard InChI is InChI=1S/C17H19N5O/c1-3-12-5-4-6-14(9-12)23-11-16-20-21-17(22(16)2)15-8-7-13(18)10-19-15/h4-10H,3,11,18H2,1-2H3. The molecule has 0 amide bonds. The number of ether oxygens (including phenoxy) is 1. The van der Waals surface area contributed by atoms with Crippen LogP contribution in [-0.2, 0) is 20.1 Å². The summed E-state index contributed by atoms with van der Waals surface area (Å²) in [7, 11) is 1.90. The minimum Gasteiger partial charge on any atom is -0.486 e. The summed E-state index contributed by atoms with van der Waals surface area (Å²) >= 11 is 0. The topological polar surface area (TPSA) is 78.8 Å². The summed E-state index contributed by atoms with van der Waals surface area (Å²) in [6, 6.07) is 11.7. The highest BCUT2D eigenvalue weighted by molar-refractivity contribution is 5.52. The lowest BCUT2D eigenvalue weighted by Gasteiger charge is -2.07. The molecule has 0 aliphatic rings. The molecule has 23 heavy (non-hydrogen) atoms. The fraction of sp³-hybridized carbons (Fsp3) is 0.235. The zero-order valence-electron chi connectivity index (χ0n) is 13.2. The van der Waals surface area contributed by atoms with E-state index in [0.717, 1.165) is 23.7 Å². The molecule has 0 bridgehead atoms. The predicted molar refractivity (Wildman–Crippen MR) is 88.8 cm³/mol. The maximum absolute atomic E-state index is 5.82. The fourth-order valence-electron chi connectivity index (χ4n) is 2.25. The van der Waals surface area contributed by atoms with Crippen LogP contribution < -0.4 is 10.5 Å². The third kappa shape index (κ3) is 3.31. The van der Waals surface area contributed by atoms with Crippen LogP contribution >= 0.6 is 0 Å². The van der Waals surface area contributed by atoms with Gasteiger partial charge in [0.05, 0.1) is 11.9 Å². The van der Waals surface area contributed by atoms with Crippen LogP contribution in [0.1, 0.15) is 18.3 Å². The number of nitrogen functional groups attached to an aromatic ring is 1. The number of hydrogen-bond donors (Lipinski definition) is 1. The maximum atomic E-state index is 5.82. The van der Waals surface area contributed by atoms with Crippen LogP contribution in [0.2, 0.25) is 0 Å². The van der Waals surface area contributed by atoms with Gasteiger partial charge in [-0.1, -0.05) is 19.1 Å². The molecule has 1 aromatic carbocycles. The molecule has 2 heterocycles. The molecule has 2 N–H and O–H groups in total. The average Bonchev–Trinajstić information content (AvgIpc) is 2.95. The van der Waals surface area contributed by atoms with E-state index < -0.39 is 0 Å². The SMILES string of the molecule is CCc1cccc(OCc2nnc(-c3ccc(N)cn3)n2C)c1. The molecule has 0 saturated carbocycles. The summed E-state index contributed by atoms with van der Waals surface area (Å²) in [5.74, 6) is 2.26. The number of nitrogens with zero attached hydrogens (tertiary/aromatic N) is 4. The molecule has 6 nitrogen and oxygen atoms in total. The van der Waals surface area contributed by atoms with Crippen LogP contribution in [0, 0.1) is 0 Å². The van der Waals surface area contributed by atoms with E-state index in [1.165, 1.54) is 5.56 Å². The number of nitrogens with two attached hydrogens (primary N) is 1. The number of pyridine rings is 1. The molecule has 0 radical (unpaired) electrons. The normalized spacial score (nSPS) is 10.7. The van der Waals surface area contributed by atoms with E-state index in [-0.39, 0.29) is 0 Å². The highest BCUT2D eigenvalue weighted by atomic mass is 16.5. The Kier molecular flexibility index (Phi) is 4.23. The molecule has 0 fully saturated rings. The van der Waals surface area contributed by atoms with Gasteiger partial charge in [-0.2, -0.15) is 0 Å². The molecule has 0 atom stereocenters. The summed E-state index contributed by atoms with van der Waals surface area (Å²) in [5, 5.41) is 8.38. The van der Waals surface area contributed by atoms with E-state index in [1.807, 2.05) is 35.9 Å². The fourth-order valence-corrected chi connectivity index (χ4v) is 2.25. The molecular weight excluding hydrogens is 290 g/mol. The highest BCUT2D eigenvalue weighted by Crippen LogP contribution is 2.18. The van der Waals surface area contributed by atoms with Crippen molar-refractivity contribution in [1.82, 2.24) is 19.7 Å². The monoisotopic (exact) mass is 309 g/mol. The summed E-state index contributed by atoms with van der Waals surface area (Å²) in [4.78, 5) is 4.27. The molecule has 0 saturated heterocycles. The molecule has 0 aliphatic heterocycles. The van der Waals surface area contributed by atoms with Crippen molar-refractivity contribution in [1.29, 1.82) is 0 Å². The molecule has 6 heteroatoms. The van der Waals surface area contributed by atoms with Gasteiger partial charge in [-0.25, -0.2) is 0 Å². The van der Waals surface area contributed by atoms with Crippen LogP contribution in [0.4, 0.5) is 5.69 Å². The van der Waals surface area contributed by atoms with Crippen LogP contribution in [0.25, 0.3) is 11.5 Å². The average molecular weight is 309 g/mol. The Morgan fingerprint density at radius 1 is 1.17 bits per heavy atom. The van der Waals surface area contributed by atoms with E-state index >= 15 is 0 Å². The maximum Gasteiger partial charge on any atom is 0.182 e. The zero-order valence-corrected chi connectivity index (χ0v) is 13.2. The van der Waals surface area contributed by atoms with Gasteiger partial charge < -0.3 is 15.0 Å². The molecule has 0 aliphatic carbocycles. The Labute approximate surface area is 135 Å². The van der Waals surface area contributed by atoms with Crippen LogP contribution in [-0.4, -0.2) is 19.7 Å². The Hall–Kier alpha value is -2.89. The second-order valence-corrected chi connectivity index (χ2v) is 5.27. The van der Waals surface area contributed by atoms with Crippen molar-refractivity contribution >= 4 is 5.69 Å². The second-order valence-electron chi connectivity index (χ2n) is 5.27. The predicted octanol–water partition coefficient (Wildman–Crippen LogP) is 2.60. The lowest BCUT2D eigenvalue weighted by Crippen LogP contribution is -2.05. The van der Waals surface area contributed by atoms with Crippen LogP contribution in [0.5, 0.6) is 5.75 Å². The lowest BCUT2D eigenvalue weighted by molar-refractivity contribution is 0.291. The summed E-state index contributed by atoms with van der Waals surface area (Å²) in [6.07, 6.45) is 2.59. The van der Waals surface area contributed by atoms with Gasteiger partial charge in [0.2, 0.25) is 0 Å². The van der Waals surface area contributed by atoms with Crippen molar-refractivity contribution in [3.05, 3.63) is 54.0 Å². The Morgan fingerprint density at radius 2 is 2.04 bits per heavy atom. The van der Waals surface area contributed by atoms with Crippen molar-refractivity contribution in [2.45, 2.75) is 20.0 Å². The molecule has 0 spiro atoms. The van der Waals surface area contributed by atoms with E-state index in [4.69, 9.17) is 10.5 Å². The van der Waals surface area contributed by atoms with Gasteiger partial charge in [-0.15, -0.1) is 10.2 Å². The van der Waals surface area contributed by atoms with E-state index in [9.17, 15) is 0 Å². The Balaban J connectivity index is 1.75. The highest BCUT2D eigenvalue weighted by Gasteiger charge is 2.12. The first-order valence-electron chi connectivity index (χ1n) is 7.49. The number of benzene rings is 1. The van der Waals surface area contributed by atoms with Crippen molar-refractivity contribution in [2.75, 3.05) is 5.73 Å². The van der Waals surface area contributed by atoms with Gasteiger partial charge in [-0.05, 0) is 36.2 Å². The lowest BCUT2D eigenvalue weighted by atomic mass is 10.2. The van der Waals surface area contributed by atoms with Gasteiger partial charge in [0, 0.05) is 7.05 Å². The quantitative estimate of drug-likeness (QED) is 0.783. The van der Waals surface area contributed by atoms with Crippen LogP contribution in [0.15, 0.2) is 42.6 Å². The first kappa shape index (κ1) is 15.0. The van der Waals surface area contributed by atoms with Crippen molar-refractivity contribution in [3.63, 3.8) is 0 Å². The summed E-state index contributed by atoms with van der Waals surface area (Å²) < 4.78 is 7.70. The number of aryl methyl sites for hydroxylation is 1. The van der Waals surface area contributed by atoms with E-state index in [0.29, 0.717) is 18.1 Å². The van der Waals surface area contributed by atoms with Gasteiger partial charge in [0.1, 0.15) is 18.1 Å². The smallest absolute Gasteiger partial charge is 0.182 e. The Bertz CT molecular complexity index is 795. The zero-order chi connectivity index (χ0) is 16.2. The van der Waals surface area contributed by atoms with Crippen molar-refractivity contribution < 1.29 is 4.74 Å². The minimum atomic E-state index is 0.353. The molecule has 118 valence electrons. The van der Waals surface area contributed by atoms with Gasteiger partial charge in [-0.3, -0.25) is 4.98 Å². The molecule has 3 rings (SSSR count). The second kappa shape index (κ2) is 6.48. The van der Waals surface area contributed by atoms with Crippen molar-refractivity contribution in [3.8, 4) is 17.3 Å². The van der Waals surface area contributed by atoms with E-state index in [2.05, 4.69) is 28.2 Å². The number of anilines is 1. The summed E-state index contributed by atoms with van der Waals surface area (Å²) in [6.45, 7) is 2.47. The first-order valence-corrected chi connectivity index (χ1v) is 7.49. The van der Waals surface area contributed by atoms with Gasteiger partial charge >= 0.3 is 0 Å². The summed E-state index contributed by atoms with van der Waals surface area (Å²) in [5.41, 5.74) is 8.25. The molecular formula is C17H19N5O. The van der Waals surface area contributed by atoms with Gasteiger partial charge in [0.25, 0.3) is 0 Å². The number of hydrogen-bond acceptors (Lipinski definition) is 5. The molecule has 2 aromatic heterocycles. The molecule has 0 unspecified atom stereocenters.